The maximum Gasteiger partial charge on any atom is 0.341 e. The maximum absolute atomic E-state index is 12.4. The Hall–Kier alpha value is -2.83. The second-order valence-electron chi connectivity index (χ2n) is 5.71. The molecular weight excluding hydrogens is 398 g/mol. The van der Waals surface area contributed by atoms with Crippen molar-refractivity contribution in [2.45, 2.75) is 6.92 Å². The zero-order chi connectivity index (χ0) is 19.9. The molecule has 1 N–H and O–H groups in total. The Morgan fingerprint density at radius 1 is 1.07 bits per heavy atom. The summed E-state index contributed by atoms with van der Waals surface area (Å²) in [5.41, 5.74) is 1.27. The molecule has 1 amide bonds. The van der Waals surface area contributed by atoms with Gasteiger partial charge in [0.05, 0.1) is 17.2 Å². The molecule has 0 atom stereocenters. The number of benzene rings is 2. The van der Waals surface area contributed by atoms with Crippen LogP contribution in [0.15, 0.2) is 60.7 Å². The Labute approximate surface area is 171 Å². The van der Waals surface area contributed by atoms with Gasteiger partial charge in [0.1, 0.15) is 10.8 Å². The molecule has 0 aliphatic heterocycles. The van der Waals surface area contributed by atoms with E-state index >= 15 is 0 Å². The van der Waals surface area contributed by atoms with Crippen LogP contribution in [0.5, 0.6) is 5.75 Å². The quantitative estimate of drug-likeness (QED) is 0.534. The molecule has 7 heteroatoms. The van der Waals surface area contributed by atoms with Gasteiger partial charge < -0.3 is 14.8 Å². The Morgan fingerprint density at radius 3 is 2.50 bits per heavy atom. The molecule has 0 aliphatic carbocycles. The lowest BCUT2D eigenvalue weighted by Gasteiger charge is -2.08. The van der Waals surface area contributed by atoms with Gasteiger partial charge in [-0.25, -0.2) is 4.79 Å². The van der Waals surface area contributed by atoms with Crippen LogP contribution in [0.1, 0.15) is 17.3 Å². The summed E-state index contributed by atoms with van der Waals surface area (Å²) in [4.78, 5) is 25.5. The number of rotatable bonds is 7. The van der Waals surface area contributed by atoms with E-state index in [2.05, 4.69) is 5.32 Å². The van der Waals surface area contributed by atoms with Crippen molar-refractivity contribution < 1.29 is 19.1 Å². The van der Waals surface area contributed by atoms with E-state index in [1.54, 1.807) is 37.3 Å². The van der Waals surface area contributed by atoms with Crippen LogP contribution in [0.2, 0.25) is 5.02 Å². The third-order valence-electron chi connectivity index (χ3n) is 3.73. The van der Waals surface area contributed by atoms with Crippen LogP contribution in [0, 0.1) is 0 Å². The Bertz CT molecular complexity index is 972. The number of hydrogen-bond donors (Lipinski definition) is 1. The average Bonchev–Trinajstić information content (AvgIpc) is 3.12. The van der Waals surface area contributed by atoms with Crippen molar-refractivity contribution in [2.24, 2.45) is 0 Å². The van der Waals surface area contributed by atoms with Crippen LogP contribution in [0.4, 0.5) is 5.00 Å². The summed E-state index contributed by atoms with van der Waals surface area (Å²) in [5.74, 6) is -0.462. The van der Waals surface area contributed by atoms with Crippen molar-refractivity contribution in [1.29, 1.82) is 0 Å². The molecule has 1 heterocycles. The topological polar surface area (TPSA) is 64.6 Å². The Kier molecular flexibility index (Phi) is 6.68. The third-order valence-corrected chi connectivity index (χ3v) is 5.15. The van der Waals surface area contributed by atoms with Crippen molar-refractivity contribution in [2.75, 3.05) is 18.5 Å². The summed E-state index contributed by atoms with van der Waals surface area (Å²) in [6.07, 6.45) is 0. The molecule has 144 valence electrons. The Balaban J connectivity index is 1.77. The smallest absolute Gasteiger partial charge is 0.341 e. The predicted molar refractivity (Wildman–Crippen MR) is 111 cm³/mol. The SMILES string of the molecule is CCOC(=O)c1cc(-c2ccccc2)sc1NC(=O)COc1ccccc1Cl. The average molecular weight is 416 g/mol. The summed E-state index contributed by atoms with van der Waals surface area (Å²) in [7, 11) is 0. The van der Waals surface area contributed by atoms with Crippen molar-refractivity contribution in [3.63, 3.8) is 0 Å². The van der Waals surface area contributed by atoms with Crippen molar-refractivity contribution in [3.05, 3.63) is 71.2 Å². The highest BCUT2D eigenvalue weighted by atomic mass is 35.5. The summed E-state index contributed by atoms with van der Waals surface area (Å²) in [5, 5.41) is 3.58. The predicted octanol–water partition coefficient (Wildman–Crippen LogP) is 5.26. The van der Waals surface area contributed by atoms with Crippen molar-refractivity contribution >= 4 is 39.8 Å². The third kappa shape index (κ3) is 4.91. The highest BCUT2D eigenvalue weighted by Gasteiger charge is 2.20. The minimum atomic E-state index is -0.483. The molecule has 0 spiro atoms. The second-order valence-corrected chi connectivity index (χ2v) is 7.17. The van der Waals surface area contributed by atoms with E-state index in [0.717, 1.165) is 10.4 Å². The van der Waals surface area contributed by atoms with Gasteiger partial charge in [0.15, 0.2) is 6.61 Å². The first kappa shape index (κ1) is 19.9. The van der Waals surface area contributed by atoms with Gasteiger partial charge in [0.2, 0.25) is 0 Å². The zero-order valence-corrected chi connectivity index (χ0v) is 16.7. The molecule has 0 aliphatic rings. The minimum Gasteiger partial charge on any atom is -0.482 e. The first-order valence-electron chi connectivity index (χ1n) is 8.62. The number of amides is 1. The number of hydrogen-bond acceptors (Lipinski definition) is 5. The van der Waals surface area contributed by atoms with Gasteiger partial charge in [-0.2, -0.15) is 0 Å². The minimum absolute atomic E-state index is 0.232. The zero-order valence-electron chi connectivity index (χ0n) is 15.1. The molecular formula is C21H18ClNO4S. The molecule has 5 nitrogen and oxygen atoms in total. The fourth-order valence-electron chi connectivity index (χ4n) is 2.46. The van der Waals surface area contributed by atoms with Gasteiger partial charge in [-0.15, -0.1) is 11.3 Å². The highest BCUT2D eigenvalue weighted by molar-refractivity contribution is 7.20. The van der Waals surface area contributed by atoms with Gasteiger partial charge in [-0.3, -0.25) is 4.79 Å². The number of carbonyl (C=O) groups excluding carboxylic acids is 2. The van der Waals surface area contributed by atoms with Gasteiger partial charge in [-0.1, -0.05) is 54.1 Å². The standard InChI is InChI=1S/C21H18ClNO4S/c1-2-26-21(25)15-12-18(14-8-4-3-5-9-14)28-20(15)23-19(24)13-27-17-11-7-6-10-16(17)22/h3-12H,2,13H2,1H3,(H,23,24). The van der Waals surface area contributed by atoms with E-state index in [1.165, 1.54) is 11.3 Å². The number of anilines is 1. The largest absolute Gasteiger partial charge is 0.482 e. The van der Waals surface area contributed by atoms with E-state index in [-0.39, 0.29) is 13.2 Å². The molecule has 0 unspecified atom stereocenters. The van der Waals surface area contributed by atoms with Gasteiger partial charge in [0, 0.05) is 4.88 Å². The highest BCUT2D eigenvalue weighted by Crippen LogP contribution is 2.36. The van der Waals surface area contributed by atoms with Crippen LogP contribution >= 0.6 is 22.9 Å². The molecule has 0 fully saturated rings. The first-order chi connectivity index (χ1) is 13.6. The molecule has 28 heavy (non-hydrogen) atoms. The van der Waals surface area contributed by atoms with Crippen LogP contribution in [0.25, 0.3) is 10.4 Å². The molecule has 0 radical (unpaired) electrons. The number of nitrogens with one attached hydrogen (secondary N) is 1. The number of halogens is 1. The molecule has 0 bridgehead atoms. The summed E-state index contributed by atoms with van der Waals surface area (Å²) < 4.78 is 10.6. The number of carbonyl (C=O) groups is 2. The molecule has 2 aromatic carbocycles. The summed E-state index contributed by atoms with van der Waals surface area (Å²) in [6.45, 7) is 1.75. The lowest BCUT2D eigenvalue weighted by atomic mass is 10.1. The first-order valence-corrected chi connectivity index (χ1v) is 9.81. The van der Waals surface area contributed by atoms with Gasteiger partial charge in [-0.05, 0) is 30.7 Å². The lowest BCUT2D eigenvalue weighted by molar-refractivity contribution is -0.118. The van der Waals surface area contributed by atoms with E-state index in [1.807, 2.05) is 30.3 Å². The number of ether oxygens (including phenoxy) is 2. The van der Waals surface area contributed by atoms with Gasteiger partial charge in [0.25, 0.3) is 5.91 Å². The lowest BCUT2D eigenvalue weighted by Crippen LogP contribution is -2.21. The van der Waals surface area contributed by atoms with Crippen molar-refractivity contribution in [1.82, 2.24) is 0 Å². The maximum atomic E-state index is 12.4. The molecule has 1 aromatic heterocycles. The number of para-hydroxylation sites is 1. The van der Waals surface area contributed by atoms with E-state index in [9.17, 15) is 9.59 Å². The van der Waals surface area contributed by atoms with E-state index in [4.69, 9.17) is 21.1 Å². The summed E-state index contributed by atoms with van der Waals surface area (Å²) in [6, 6.07) is 18.2. The fraction of sp³-hybridized carbons (Fsp3) is 0.143. The second kappa shape index (κ2) is 9.39. The van der Waals surface area contributed by atoms with Crippen LogP contribution in [-0.2, 0) is 9.53 Å². The molecule has 3 rings (SSSR count). The Morgan fingerprint density at radius 2 is 1.79 bits per heavy atom. The molecule has 0 saturated heterocycles. The van der Waals surface area contributed by atoms with Crippen molar-refractivity contribution in [3.8, 4) is 16.2 Å². The van der Waals surface area contributed by atoms with Crippen LogP contribution in [-0.4, -0.2) is 25.1 Å². The van der Waals surface area contributed by atoms with Gasteiger partial charge >= 0.3 is 5.97 Å². The molecule has 0 saturated carbocycles. The monoisotopic (exact) mass is 415 g/mol. The number of esters is 1. The molecule has 3 aromatic rings. The number of thiophene rings is 1. The van der Waals surface area contributed by atoms with Crippen LogP contribution in [0.3, 0.4) is 0 Å². The van der Waals surface area contributed by atoms with E-state index < -0.39 is 11.9 Å². The van der Waals surface area contributed by atoms with E-state index in [0.29, 0.717) is 21.3 Å². The normalized spacial score (nSPS) is 10.4. The summed E-state index contributed by atoms with van der Waals surface area (Å²) >= 11 is 7.33. The fourth-order valence-corrected chi connectivity index (χ4v) is 3.71. The van der Waals surface area contributed by atoms with Crippen LogP contribution < -0.4 is 10.1 Å².